The molecular weight excluding hydrogens is 576 g/mol. The number of hydrogen-bond donors (Lipinski definition) is 0. The average Bonchev–Trinajstić information content (AvgIpc) is 3.42. The van der Waals surface area contributed by atoms with Crippen LogP contribution < -0.4 is 0 Å². The lowest BCUT2D eigenvalue weighted by Crippen LogP contribution is -2.48. The van der Waals surface area contributed by atoms with E-state index in [2.05, 4.69) is 136 Å². The molecule has 200 valence electrons. The summed E-state index contributed by atoms with van der Waals surface area (Å²) in [6, 6.07) is 38.2. The second-order valence-electron chi connectivity index (χ2n) is 10.1. The van der Waals surface area contributed by atoms with Gasteiger partial charge in [0.1, 0.15) is 21.5 Å². The van der Waals surface area contributed by atoms with E-state index in [1.54, 1.807) is 11.3 Å². The topological polar surface area (TPSA) is 31.7 Å². The Balaban J connectivity index is 1.37. The fourth-order valence-electron chi connectivity index (χ4n) is 4.96. The van der Waals surface area contributed by atoms with Crippen molar-refractivity contribution in [3.63, 3.8) is 0 Å². The predicted octanol–water partition coefficient (Wildman–Crippen LogP) is 8.44. The van der Waals surface area contributed by atoms with Gasteiger partial charge in [-0.25, -0.2) is 9.98 Å². The molecule has 0 amide bonds. The average molecular weight is 608 g/mol. The van der Waals surface area contributed by atoms with Crippen molar-refractivity contribution in [3.8, 4) is 21.8 Å². The first-order valence-electron chi connectivity index (χ1n) is 13.6. The number of halogens is 1. The van der Waals surface area contributed by atoms with E-state index in [-0.39, 0.29) is 0 Å². The fraction of sp³-hybridized carbons (Fsp3) is 0.176. The number of rotatable bonds is 6. The molecule has 6 rings (SSSR count). The molecule has 6 heteroatoms. The molecule has 0 unspecified atom stereocenters. The van der Waals surface area contributed by atoms with Crippen LogP contribution in [0.5, 0.6) is 0 Å². The van der Waals surface area contributed by atoms with Gasteiger partial charge in [-0.05, 0) is 24.6 Å². The lowest BCUT2D eigenvalue weighted by molar-refractivity contribution is 0.176. The van der Waals surface area contributed by atoms with Gasteiger partial charge in [-0.1, -0.05) is 130 Å². The Bertz CT molecular complexity index is 1570. The molecule has 1 aromatic heterocycles. The third-order valence-electron chi connectivity index (χ3n) is 7.19. The molecule has 4 nitrogen and oxygen atoms in total. The molecule has 0 atom stereocenters. The highest BCUT2D eigenvalue weighted by atomic mass is 79.9. The molecule has 2 heterocycles. The summed E-state index contributed by atoms with van der Waals surface area (Å²) >= 11 is 5.27. The molecule has 1 aliphatic heterocycles. The van der Waals surface area contributed by atoms with E-state index in [0.717, 1.165) is 75.4 Å². The van der Waals surface area contributed by atoms with Crippen LogP contribution in [0.2, 0.25) is 0 Å². The Labute approximate surface area is 248 Å². The summed E-state index contributed by atoms with van der Waals surface area (Å²) in [4.78, 5) is 15.5. The summed E-state index contributed by atoms with van der Waals surface area (Å²) in [5.74, 6) is 1.00. The van der Waals surface area contributed by atoms with Crippen molar-refractivity contribution in [1.82, 2.24) is 14.8 Å². The van der Waals surface area contributed by atoms with Crippen LogP contribution in [0.1, 0.15) is 16.7 Å². The molecule has 1 fully saturated rings. The molecule has 0 bridgehead atoms. The largest absolute Gasteiger partial charge is 0.354 e. The summed E-state index contributed by atoms with van der Waals surface area (Å²) in [5.41, 5.74) is 6.84. The summed E-state index contributed by atoms with van der Waals surface area (Å²) in [6.07, 6.45) is 0. The highest BCUT2D eigenvalue weighted by molar-refractivity contribution is 9.10. The van der Waals surface area contributed by atoms with Gasteiger partial charge >= 0.3 is 0 Å². The summed E-state index contributed by atoms with van der Waals surface area (Å²) in [5, 5.41) is 1.92. The summed E-state index contributed by atoms with van der Waals surface area (Å²) < 4.78 is 1.06. The van der Waals surface area contributed by atoms with Crippen LogP contribution in [0.3, 0.4) is 0 Å². The van der Waals surface area contributed by atoms with Crippen molar-refractivity contribution in [2.45, 2.75) is 13.5 Å². The fourth-order valence-corrected chi connectivity index (χ4v) is 6.19. The van der Waals surface area contributed by atoms with Gasteiger partial charge < -0.3 is 4.90 Å². The van der Waals surface area contributed by atoms with E-state index in [0.29, 0.717) is 0 Å². The third kappa shape index (κ3) is 6.25. The SMILES string of the molecule is Cc1ccc(-c2nc(-c3ccccc3)sc2/N=C(\c2ccc(Br)cc2)N2CCN(Cc3ccccc3)CC2)cc1. The number of piperazine rings is 1. The molecule has 0 saturated carbocycles. The van der Waals surface area contributed by atoms with Crippen LogP contribution in [0.15, 0.2) is 119 Å². The number of nitrogens with zero attached hydrogens (tertiary/aromatic N) is 4. The monoisotopic (exact) mass is 606 g/mol. The number of aliphatic imine (C=N–C) groups is 1. The van der Waals surface area contributed by atoms with Gasteiger partial charge in [0.05, 0.1) is 0 Å². The van der Waals surface area contributed by atoms with Gasteiger partial charge in [-0.15, -0.1) is 0 Å². The van der Waals surface area contributed by atoms with Crippen LogP contribution in [-0.2, 0) is 6.54 Å². The normalized spacial score (nSPS) is 14.4. The molecule has 5 aromatic rings. The maximum atomic E-state index is 5.40. The molecule has 4 aromatic carbocycles. The first kappa shape index (κ1) is 26.6. The van der Waals surface area contributed by atoms with Crippen molar-refractivity contribution in [2.75, 3.05) is 26.2 Å². The van der Waals surface area contributed by atoms with Crippen molar-refractivity contribution in [3.05, 3.63) is 130 Å². The van der Waals surface area contributed by atoms with Crippen molar-refractivity contribution in [1.29, 1.82) is 0 Å². The Morgan fingerprint density at radius 1 is 0.775 bits per heavy atom. The third-order valence-corrected chi connectivity index (χ3v) is 8.71. The van der Waals surface area contributed by atoms with Crippen molar-refractivity contribution in [2.24, 2.45) is 4.99 Å². The van der Waals surface area contributed by atoms with Gasteiger partial charge in [-0.3, -0.25) is 4.90 Å². The quantitative estimate of drug-likeness (QED) is 0.143. The summed E-state index contributed by atoms with van der Waals surface area (Å²) in [7, 11) is 0. The summed E-state index contributed by atoms with van der Waals surface area (Å²) in [6.45, 7) is 6.92. The van der Waals surface area contributed by atoms with E-state index in [4.69, 9.17) is 9.98 Å². The number of aromatic nitrogens is 1. The van der Waals surface area contributed by atoms with Gasteiger partial charge in [0.2, 0.25) is 0 Å². The predicted molar refractivity (Wildman–Crippen MR) is 171 cm³/mol. The van der Waals surface area contributed by atoms with Gasteiger partial charge in [-0.2, -0.15) is 0 Å². The maximum absolute atomic E-state index is 5.40. The Morgan fingerprint density at radius 3 is 2.10 bits per heavy atom. The zero-order valence-electron chi connectivity index (χ0n) is 22.5. The minimum absolute atomic E-state index is 0.923. The standard InChI is InChI=1S/C34H31BrN4S/c1-25-12-14-27(15-13-25)31-34(40-33(36-31)29-10-6-3-7-11-29)37-32(28-16-18-30(35)19-17-28)39-22-20-38(21-23-39)24-26-8-4-2-5-9-26/h2-19H,20-24H2,1H3/b37-32+. The zero-order chi connectivity index (χ0) is 27.3. The van der Waals surface area contributed by atoms with E-state index in [9.17, 15) is 0 Å². The second-order valence-corrected chi connectivity index (χ2v) is 12.0. The first-order valence-corrected chi connectivity index (χ1v) is 15.2. The molecule has 0 N–H and O–H groups in total. The second kappa shape index (κ2) is 12.3. The minimum atomic E-state index is 0.923. The van der Waals surface area contributed by atoms with Crippen LogP contribution in [-0.4, -0.2) is 46.8 Å². The molecule has 0 aliphatic carbocycles. The molecule has 0 spiro atoms. The van der Waals surface area contributed by atoms with E-state index < -0.39 is 0 Å². The molecule has 1 saturated heterocycles. The van der Waals surface area contributed by atoms with Crippen LogP contribution >= 0.6 is 27.3 Å². The van der Waals surface area contributed by atoms with Gasteiger partial charge in [0, 0.05) is 53.9 Å². The van der Waals surface area contributed by atoms with Crippen molar-refractivity contribution < 1.29 is 0 Å². The number of amidine groups is 1. The smallest absolute Gasteiger partial charge is 0.146 e. The molecule has 40 heavy (non-hydrogen) atoms. The van der Waals surface area contributed by atoms with Crippen LogP contribution in [0, 0.1) is 6.92 Å². The Hall–Kier alpha value is -3.58. The number of benzene rings is 4. The van der Waals surface area contributed by atoms with Crippen LogP contribution in [0.4, 0.5) is 5.00 Å². The van der Waals surface area contributed by atoms with Crippen LogP contribution in [0.25, 0.3) is 21.8 Å². The van der Waals surface area contributed by atoms with Crippen molar-refractivity contribution >= 4 is 38.1 Å². The van der Waals surface area contributed by atoms with Gasteiger partial charge in [0.15, 0.2) is 0 Å². The highest BCUT2D eigenvalue weighted by Gasteiger charge is 2.23. The highest BCUT2D eigenvalue weighted by Crippen LogP contribution is 2.40. The van der Waals surface area contributed by atoms with E-state index >= 15 is 0 Å². The molecular formula is C34H31BrN4S. The molecule has 1 aliphatic rings. The lowest BCUT2D eigenvalue weighted by Gasteiger charge is -2.36. The number of aryl methyl sites for hydroxylation is 1. The zero-order valence-corrected chi connectivity index (χ0v) is 24.9. The number of hydrogen-bond acceptors (Lipinski definition) is 4. The Kier molecular flexibility index (Phi) is 8.19. The Morgan fingerprint density at radius 2 is 1.43 bits per heavy atom. The number of thiazole rings is 1. The minimum Gasteiger partial charge on any atom is -0.354 e. The maximum Gasteiger partial charge on any atom is 0.146 e. The van der Waals surface area contributed by atoms with E-state index in [1.807, 2.05) is 6.07 Å². The van der Waals surface area contributed by atoms with E-state index in [1.165, 1.54) is 11.1 Å². The van der Waals surface area contributed by atoms with Gasteiger partial charge in [0.25, 0.3) is 0 Å². The molecule has 0 radical (unpaired) electrons. The first-order chi connectivity index (χ1) is 19.6. The lowest BCUT2D eigenvalue weighted by atomic mass is 10.1.